The molecule has 1 heterocycles. The van der Waals surface area contributed by atoms with Gasteiger partial charge in [0.25, 0.3) is 0 Å². The third-order valence-electron chi connectivity index (χ3n) is 2.83. The zero-order valence-electron chi connectivity index (χ0n) is 11.5. The summed E-state index contributed by atoms with van der Waals surface area (Å²) in [5, 5.41) is 20.2. The number of rotatable bonds is 7. The van der Waals surface area contributed by atoms with Crippen molar-refractivity contribution in [3.63, 3.8) is 0 Å². The van der Waals surface area contributed by atoms with E-state index in [1.165, 1.54) is 0 Å². The molecule has 110 valence electrons. The Kier molecular flexibility index (Phi) is 4.64. The first-order valence-electron chi connectivity index (χ1n) is 6.54. The molecule has 0 aliphatic heterocycles. The van der Waals surface area contributed by atoms with Crippen molar-refractivity contribution in [2.24, 2.45) is 0 Å². The molecule has 2 N–H and O–H groups in total. The van der Waals surface area contributed by atoms with Crippen molar-refractivity contribution >= 4 is 23.6 Å². The van der Waals surface area contributed by atoms with Gasteiger partial charge in [-0.1, -0.05) is 25.6 Å². The fourth-order valence-corrected chi connectivity index (χ4v) is 2.42. The Labute approximate surface area is 121 Å². The highest BCUT2D eigenvalue weighted by Crippen LogP contribution is 2.22. The highest BCUT2D eigenvalue weighted by molar-refractivity contribution is 7.99. The fraction of sp³-hybridized carbons (Fsp3) is 0.667. The maximum absolute atomic E-state index is 11.9. The molecule has 7 nitrogen and oxygen atoms in total. The molecule has 1 aromatic rings. The molecule has 0 atom stereocenters. The highest BCUT2D eigenvalue weighted by Gasteiger charge is 2.25. The average Bonchev–Trinajstić information content (AvgIpc) is 3.06. The number of carbonyl (C=O) groups is 2. The van der Waals surface area contributed by atoms with Gasteiger partial charge in [-0.3, -0.25) is 14.2 Å². The lowest BCUT2D eigenvalue weighted by atomic mass is 10.2. The zero-order valence-corrected chi connectivity index (χ0v) is 12.3. The van der Waals surface area contributed by atoms with E-state index in [-0.39, 0.29) is 24.1 Å². The van der Waals surface area contributed by atoms with E-state index in [1.807, 2.05) is 13.8 Å². The van der Waals surface area contributed by atoms with Crippen LogP contribution in [0.4, 0.5) is 0 Å². The predicted molar refractivity (Wildman–Crippen MR) is 73.6 cm³/mol. The largest absolute Gasteiger partial charge is 0.481 e. The van der Waals surface area contributed by atoms with Gasteiger partial charge in [-0.25, -0.2) is 0 Å². The van der Waals surface area contributed by atoms with Gasteiger partial charge in [0.1, 0.15) is 12.4 Å². The molecular weight excluding hydrogens is 280 g/mol. The molecule has 0 saturated heterocycles. The number of amides is 1. The molecule has 0 spiro atoms. The molecule has 1 saturated carbocycles. The van der Waals surface area contributed by atoms with Crippen molar-refractivity contribution in [1.29, 1.82) is 0 Å². The van der Waals surface area contributed by atoms with E-state index in [2.05, 4.69) is 15.5 Å². The Balaban J connectivity index is 2.10. The van der Waals surface area contributed by atoms with Crippen LogP contribution < -0.4 is 5.32 Å². The average molecular weight is 298 g/mol. The molecular formula is C12H18N4O3S. The molecule has 20 heavy (non-hydrogen) atoms. The summed E-state index contributed by atoms with van der Waals surface area (Å²) in [5.74, 6) is -0.274. The van der Waals surface area contributed by atoms with E-state index in [0.29, 0.717) is 17.0 Å². The normalized spacial score (nSPS) is 14.6. The molecule has 0 radical (unpaired) electrons. The molecule has 0 aromatic carbocycles. The van der Waals surface area contributed by atoms with Crippen LogP contribution in [0.25, 0.3) is 0 Å². The Morgan fingerprint density at radius 3 is 2.70 bits per heavy atom. The topological polar surface area (TPSA) is 97.1 Å². The fourth-order valence-electron chi connectivity index (χ4n) is 1.75. The minimum absolute atomic E-state index is 0.0774. The first-order chi connectivity index (χ1) is 9.47. The smallest absolute Gasteiger partial charge is 0.313 e. The predicted octanol–water partition coefficient (Wildman–Crippen LogP) is 0.857. The van der Waals surface area contributed by atoms with Gasteiger partial charge < -0.3 is 10.4 Å². The van der Waals surface area contributed by atoms with Crippen molar-refractivity contribution in [2.75, 3.05) is 5.75 Å². The number of carboxylic acids is 1. The third-order valence-corrected chi connectivity index (χ3v) is 3.78. The first kappa shape index (κ1) is 14.8. The van der Waals surface area contributed by atoms with E-state index in [4.69, 9.17) is 5.11 Å². The second kappa shape index (κ2) is 6.25. The minimum atomic E-state index is -0.918. The Hall–Kier alpha value is -1.57. The summed E-state index contributed by atoms with van der Waals surface area (Å²) in [5.41, 5.74) is 0. The maximum Gasteiger partial charge on any atom is 0.313 e. The van der Waals surface area contributed by atoms with Gasteiger partial charge in [0.2, 0.25) is 5.91 Å². The second-order valence-corrected chi connectivity index (χ2v) is 6.05. The number of carboxylic acid groups (broad SMARTS) is 1. The summed E-state index contributed by atoms with van der Waals surface area (Å²) in [6.45, 7) is 4.06. The van der Waals surface area contributed by atoms with Gasteiger partial charge in [0, 0.05) is 12.0 Å². The molecule has 0 bridgehead atoms. The SMILES string of the molecule is CC(C)c1nnc(SCC(=O)O)n1CC(=O)NC1CC1. The zero-order chi connectivity index (χ0) is 14.7. The van der Waals surface area contributed by atoms with E-state index in [1.54, 1.807) is 4.57 Å². The minimum Gasteiger partial charge on any atom is -0.481 e. The number of nitrogens with one attached hydrogen (secondary N) is 1. The van der Waals surface area contributed by atoms with Crippen molar-refractivity contribution in [3.05, 3.63) is 5.82 Å². The van der Waals surface area contributed by atoms with E-state index in [0.717, 1.165) is 24.6 Å². The van der Waals surface area contributed by atoms with Gasteiger partial charge in [0.05, 0.1) is 5.75 Å². The van der Waals surface area contributed by atoms with Crippen LogP contribution in [0.15, 0.2) is 5.16 Å². The van der Waals surface area contributed by atoms with E-state index >= 15 is 0 Å². The molecule has 1 fully saturated rings. The number of thioether (sulfide) groups is 1. The van der Waals surface area contributed by atoms with Gasteiger partial charge in [-0.05, 0) is 12.8 Å². The van der Waals surface area contributed by atoms with Crippen LogP contribution >= 0.6 is 11.8 Å². The van der Waals surface area contributed by atoms with Crippen molar-refractivity contribution < 1.29 is 14.7 Å². The first-order valence-corrected chi connectivity index (χ1v) is 7.53. The Bertz CT molecular complexity index is 511. The number of aliphatic carboxylic acids is 1. The Morgan fingerprint density at radius 2 is 2.15 bits per heavy atom. The maximum atomic E-state index is 11.9. The lowest BCUT2D eigenvalue weighted by Crippen LogP contribution is -2.30. The monoisotopic (exact) mass is 298 g/mol. The standard InChI is InChI=1S/C12H18N4O3S/c1-7(2)11-14-15-12(20-6-10(18)19)16(11)5-9(17)13-8-3-4-8/h7-8H,3-6H2,1-2H3,(H,13,17)(H,18,19). The van der Waals surface area contributed by atoms with Crippen molar-refractivity contribution in [2.45, 2.75) is 50.4 Å². The molecule has 8 heteroatoms. The number of carbonyl (C=O) groups excluding carboxylic acids is 1. The van der Waals surface area contributed by atoms with Gasteiger partial charge >= 0.3 is 5.97 Å². The summed E-state index contributed by atoms with van der Waals surface area (Å²) in [7, 11) is 0. The molecule has 2 rings (SSSR count). The lowest BCUT2D eigenvalue weighted by molar-refractivity contribution is -0.133. The van der Waals surface area contributed by atoms with Crippen LogP contribution in [-0.4, -0.2) is 43.5 Å². The number of hydrogen-bond acceptors (Lipinski definition) is 5. The van der Waals surface area contributed by atoms with Gasteiger partial charge in [0.15, 0.2) is 5.16 Å². The number of aromatic nitrogens is 3. The molecule has 1 amide bonds. The number of hydrogen-bond donors (Lipinski definition) is 2. The summed E-state index contributed by atoms with van der Waals surface area (Å²) < 4.78 is 1.70. The highest BCUT2D eigenvalue weighted by atomic mass is 32.2. The van der Waals surface area contributed by atoms with Gasteiger partial charge in [-0.2, -0.15) is 0 Å². The van der Waals surface area contributed by atoms with Crippen LogP contribution in [-0.2, 0) is 16.1 Å². The van der Waals surface area contributed by atoms with Crippen LogP contribution in [0.3, 0.4) is 0 Å². The molecule has 1 aliphatic rings. The van der Waals surface area contributed by atoms with Crippen LogP contribution in [0.2, 0.25) is 0 Å². The van der Waals surface area contributed by atoms with Crippen molar-refractivity contribution in [3.8, 4) is 0 Å². The van der Waals surface area contributed by atoms with E-state index in [9.17, 15) is 9.59 Å². The lowest BCUT2D eigenvalue weighted by Gasteiger charge is -2.11. The third kappa shape index (κ3) is 3.96. The van der Waals surface area contributed by atoms with Crippen LogP contribution in [0.1, 0.15) is 38.4 Å². The summed E-state index contributed by atoms with van der Waals surface area (Å²) in [6, 6.07) is 0.302. The quantitative estimate of drug-likeness (QED) is 0.725. The summed E-state index contributed by atoms with van der Waals surface area (Å²) >= 11 is 1.08. The molecule has 1 aromatic heterocycles. The van der Waals surface area contributed by atoms with Crippen molar-refractivity contribution in [1.82, 2.24) is 20.1 Å². The Morgan fingerprint density at radius 1 is 1.45 bits per heavy atom. The number of nitrogens with zero attached hydrogens (tertiary/aromatic N) is 3. The van der Waals surface area contributed by atoms with E-state index < -0.39 is 5.97 Å². The van der Waals surface area contributed by atoms with Crippen LogP contribution in [0, 0.1) is 0 Å². The van der Waals surface area contributed by atoms with Gasteiger partial charge in [-0.15, -0.1) is 10.2 Å². The molecule has 1 aliphatic carbocycles. The molecule has 0 unspecified atom stereocenters. The summed E-state index contributed by atoms with van der Waals surface area (Å²) in [4.78, 5) is 22.6. The van der Waals surface area contributed by atoms with Crippen LogP contribution in [0.5, 0.6) is 0 Å². The summed E-state index contributed by atoms with van der Waals surface area (Å²) in [6.07, 6.45) is 2.07. The second-order valence-electron chi connectivity index (χ2n) is 5.11.